The third-order valence-electron chi connectivity index (χ3n) is 2.88. The quantitative estimate of drug-likeness (QED) is 0.832. The summed E-state index contributed by atoms with van der Waals surface area (Å²) in [4.78, 5) is 4.32. The number of thiazole rings is 1. The molecule has 0 aromatic carbocycles. The van der Waals surface area contributed by atoms with Crippen LogP contribution >= 0.6 is 11.3 Å². The molecule has 1 aromatic heterocycles. The van der Waals surface area contributed by atoms with Gasteiger partial charge in [-0.25, -0.2) is 4.98 Å². The molecule has 84 valence electrons. The van der Waals surface area contributed by atoms with Crippen LogP contribution in [0.4, 0.5) is 0 Å². The van der Waals surface area contributed by atoms with Crippen molar-refractivity contribution in [3.05, 3.63) is 16.6 Å². The van der Waals surface area contributed by atoms with Crippen LogP contribution in [0.25, 0.3) is 0 Å². The molecule has 2 unspecified atom stereocenters. The maximum absolute atomic E-state index is 5.65. The summed E-state index contributed by atoms with van der Waals surface area (Å²) in [6.45, 7) is 0.943. The van der Waals surface area contributed by atoms with Crippen molar-refractivity contribution in [1.29, 1.82) is 0 Å². The first-order chi connectivity index (χ1) is 7.38. The number of rotatable bonds is 5. The van der Waals surface area contributed by atoms with E-state index in [2.05, 4.69) is 10.3 Å². The van der Waals surface area contributed by atoms with Gasteiger partial charge >= 0.3 is 0 Å². The van der Waals surface area contributed by atoms with Crippen molar-refractivity contribution in [1.82, 2.24) is 10.3 Å². The van der Waals surface area contributed by atoms with Crippen molar-refractivity contribution in [2.45, 2.75) is 37.8 Å². The Morgan fingerprint density at radius 3 is 3.27 bits per heavy atom. The molecule has 0 saturated carbocycles. The Balaban J connectivity index is 1.81. The summed E-state index contributed by atoms with van der Waals surface area (Å²) in [6.07, 6.45) is 6.90. The molecule has 1 saturated heterocycles. The Bertz CT molecular complexity index is 270. The second kappa shape index (κ2) is 5.58. The van der Waals surface area contributed by atoms with Crippen LogP contribution in [0.5, 0.6) is 0 Å². The van der Waals surface area contributed by atoms with E-state index >= 15 is 0 Å². The molecule has 3 nitrogen and oxygen atoms in total. The minimum atomic E-state index is 0.461. The highest BCUT2D eigenvalue weighted by Gasteiger charge is 2.20. The van der Waals surface area contributed by atoms with Crippen molar-refractivity contribution in [3.8, 4) is 0 Å². The number of hydrogen-bond acceptors (Lipinski definition) is 4. The van der Waals surface area contributed by atoms with Crippen molar-refractivity contribution in [2.24, 2.45) is 0 Å². The van der Waals surface area contributed by atoms with E-state index in [9.17, 15) is 0 Å². The molecule has 0 aliphatic carbocycles. The second-order valence-electron chi connectivity index (χ2n) is 3.99. The van der Waals surface area contributed by atoms with Gasteiger partial charge in [0.2, 0.25) is 0 Å². The Kier molecular flexibility index (Phi) is 4.11. The lowest BCUT2D eigenvalue weighted by molar-refractivity contribution is 0.0954. The second-order valence-corrected chi connectivity index (χ2v) is 4.97. The van der Waals surface area contributed by atoms with E-state index in [0.717, 1.165) is 19.4 Å². The topological polar surface area (TPSA) is 34.2 Å². The molecular formula is C11H18N2OS. The van der Waals surface area contributed by atoms with Crippen LogP contribution in [0.1, 0.15) is 24.3 Å². The monoisotopic (exact) mass is 226 g/mol. The first kappa shape index (κ1) is 11.0. The minimum Gasteiger partial charge on any atom is -0.378 e. The third kappa shape index (κ3) is 3.26. The van der Waals surface area contributed by atoms with E-state index in [0.29, 0.717) is 12.1 Å². The van der Waals surface area contributed by atoms with Crippen molar-refractivity contribution in [2.75, 3.05) is 13.7 Å². The standard InChI is InChI=1S/C11H18N2OS/c1-12-9(7-10-3-2-5-14-10)8-11-13-4-6-15-11/h4,6,9-10,12H,2-3,5,7-8H2,1H3. The van der Waals surface area contributed by atoms with Gasteiger partial charge in [0, 0.05) is 30.6 Å². The Morgan fingerprint density at radius 1 is 1.73 bits per heavy atom. The fourth-order valence-corrected chi connectivity index (χ4v) is 2.71. The predicted molar refractivity (Wildman–Crippen MR) is 62.3 cm³/mol. The van der Waals surface area contributed by atoms with Gasteiger partial charge < -0.3 is 10.1 Å². The average molecular weight is 226 g/mol. The number of nitrogens with zero attached hydrogens (tertiary/aromatic N) is 1. The van der Waals surface area contributed by atoms with Crippen LogP contribution in [0.15, 0.2) is 11.6 Å². The van der Waals surface area contributed by atoms with E-state index < -0.39 is 0 Å². The maximum atomic E-state index is 5.65. The summed E-state index contributed by atoms with van der Waals surface area (Å²) < 4.78 is 5.65. The zero-order chi connectivity index (χ0) is 10.5. The molecule has 2 heterocycles. The van der Waals surface area contributed by atoms with Crippen LogP contribution in [0, 0.1) is 0 Å². The number of aromatic nitrogens is 1. The Hall–Kier alpha value is -0.450. The van der Waals surface area contributed by atoms with Crippen molar-refractivity contribution in [3.63, 3.8) is 0 Å². The summed E-state index contributed by atoms with van der Waals surface area (Å²) in [5.74, 6) is 0. The van der Waals surface area contributed by atoms with Gasteiger partial charge in [0.1, 0.15) is 0 Å². The zero-order valence-corrected chi connectivity index (χ0v) is 9.93. The van der Waals surface area contributed by atoms with Crippen molar-refractivity contribution >= 4 is 11.3 Å². The molecular weight excluding hydrogens is 208 g/mol. The van der Waals surface area contributed by atoms with Crippen LogP contribution in [0.3, 0.4) is 0 Å². The SMILES string of the molecule is CNC(Cc1nccs1)CC1CCCO1. The van der Waals surface area contributed by atoms with E-state index in [1.165, 1.54) is 17.8 Å². The molecule has 0 amide bonds. The molecule has 0 radical (unpaired) electrons. The number of likely N-dealkylation sites (N-methyl/N-ethyl adjacent to an activating group) is 1. The van der Waals surface area contributed by atoms with Crippen molar-refractivity contribution < 1.29 is 4.74 Å². The normalized spacial score (nSPS) is 23.1. The molecule has 0 spiro atoms. The molecule has 1 N–H and O–H groups in total. The third-order valence-corrected chi connectivity index (χ3v) is 3.69. The first-order valence-electron chi connectivity index (χ1n) is 5.55. The lowest BCUT2D eigenvalue weighted by Crippen LogP contribution is -2.31. The highest BCUT2D eigenvalue weighted by molar-refractivity contribution is 7.09. The van der Waals surface area contributed by atoms with Crippen LogP contribution in [-0.2, 0) is 11.2 Å². The van der Waals surface area contributed by atoms with Gasteiger partial charge in [0.15, 0.2) is 0 Å². The maximum Gasteiger partial charge on any atom is 0.0940 e. The van der Waals surface area contributed by atoms with Gasteiger partial charge in [-0.2, -0.15) is 0 Å². The highest BCUT2D eigenvalue weighted by Crippen LogP contribution is 2.19. The van der Waals surface area contributed by atoms with Gasteiger partial charge in [-0.1, -0.05) is 0 Å². The number of nitrogens with one attached hydrogen (secondary N) is 1. The summed E-state index contributed by atoms with van der Waals surface area (Å²) in [5, 5.41) is 6.60. The van der Waals surface area contributed by atoms with Gasteiger partial charge in [0.25, 0.3) is 0 Å². The van der Waals surface area contributed by atoms with E-state index in [1.54, 1.807) is 11.3 Å². The van der Waals surface area contributed by atoms with Crippen LogP contribution in [-0.4, -0.2) is 30.8 Å². The smallest absolute Gasteiger partial charge is 0.0940 e. The summed E-state index contributed by atoms with van der Waals surface area (Å²) in [5.41, 5.74) is 0. The molecule has 15 heavy (non-hydrogen) atoms. The molecule has 1 aromatic rings. The molecule has 1 fully saturated rings. The largest absolute Gasteiger partial charge is 0.378 e. The van der Waals surface area contributed by atoms with Gasteiger partial charge in [-0.3, -0.25) is 0 Å². The van der Waals surface area contributed by atoms with E-state index in [4.69, 9.17) is 4.74 Å². The fraction of sp³-hybridized carbons (Fsp3) is 0.727. The lowest BCUT2D eigenvalue weighted by Gasteiger charge is -2.18. The lowest BCUT2D eigenvalue weighted by atomic mass is 10.0. The highest BCUT2D eigenvalue weighted by atomic mass is 32.1. The minimum absolute atomic E-state index is 0.461. The zero-order valence-electron chi connectivity index (χ0n) is 9.11. The summed E-state index contributed by atoms with van der Waals surface area (Å²) in [6, 6.07) is 0.499. The summed E-state index contributed by atoms with van der Waals surface area (Å²) in [7, 11) is 2.02. The van der Waals surface area contributed by atoms with Gasteiger partial charge in [-0.05, 0) is 26.3 Å². The van der Waals surface area contributed by atoms with Gasteiger partial charge in [0.05, 0.1) is 11.1 Å². The van der Waals surface area contributed by atoms with Crippen LogP contribution < -0.4 is 5.32 Å². The molecule has 1 aliphatic heterocycles. The van der Waals surface area contributed by atoms with E-state index in [-0.39, 0.29) is 0 Å². The molecule has 0 bridgehead atoms. The Morgan fingerprint density at radius 2 is 2.67 bits per heavy atom. The summed E-state index contributed by atoms with van der Waals surface area (Å²) >= 11 is 1.73. The molecule has 1 aliphatic rings. The average Bonchev–Trinajstić information content (AvgIpc) is 2.89. The Labute approximate surface area is 94.9 Å². The molecule has 2 atom stereocenters. The molecule has 4 heteroatoms. The van der Waals surface area contributed by atoms with Gasteiger partial charge in [-0.15, -0.1) is 11.3 Å². The number of ether oxygens (including phenoxy) is 1. The predicted octanol–water partition coefficient (Wildman–Crippen LogP) is 1.84. The number of hydrogen-bond donors (Lipinski definition) is 1. The fourth-order valence-electron chi connectivity index (χ4n) is 2.02. The van der Waals surface area contributed by atoms with Crippen LogP contribution in [0.2, 0.25) is 0 Å². The first-order valence-corrected chi connectivity index (χ1v) is 6.43. The molecule has 2 rings (SSSR count). The van der Waals surface area contributed by atoms with E-state index in [1.807, 2.05) is 18.6 Å².